The number of hydrogen-bond donors (Lipinski definition) is 2. The van der Waals surface area contributed by atoms with Crippen LogP contribution in [0, 0.1) is 5.92 Å². The lowest BCUT2D eigenvalue weighted by atomic mass is 9.95. The molecule has 0 spiro atoms. The van der Waals surface area contributed by atoms with Gasteiger partial charge in [-0.05, 0) is 6.92 Å². The first-order valence-electron chi connectivity index (χ1n) is 5.05. The van der Waals surface area contributed by atoms with E-state index in [1.54, 1.807) is 6.92 Å². The fourth-order valence-electron chi connectivity index (χ4n) is 1.49. The summed E-state index contributed by atoms with van der Waals surface area (Å²) in [6, 6.07) is 0. The molecule has 0 bridgehead atoms. The van der Waals surface area contributed by atoms with Crippen LogP contribution in [0.5, 0.6) is 0 Å². The van der Waals surface area contributed by atoms with E-state index in [9.17, 15) is 13.6 Å². The Morgan fingerprint density at radius 2 is 2.40 bits per heavy atom. The molecule has 0 aromatic carbocycles. The van der Waals surface area contributed by atoms with Crippen LogP contribution < -0.4 is 10.6 Å². The third kappa shape index (κ3) is 3.62. The standard InChI is InChI=1S/C9H16F2N2O2/c1-2-15-8(14)13-6-7-5-12-4-3-9(7,10)11/h7,12H,2-6H2,1H3,(H,13,14). The van der Waals surface area contributed by atoms with E-state index in [-0.39, 0.29) is 26.1 Å². The summed E-state index contributed by atoms with van der Waals surface area (Å²) >= 11 is 0. The molecule has 0 aromatic heterocycles. The molecule has 1 amide bonds. The van der Waals surface area contributed by atoms with Crippen molar-refractivity contribution in [2.75, 3.05) is 26.2 Å². The zero-order chi connectivity index (χ0) is 11.3. The van der Waals surface area contributed by atoms with Gasteiger partial charge in [0, 0.05) is 26.1 Å². The van der Waals surface area contributed by atoms with Crippen molar-refractivity contribution in [3.8, 4) is 0 Å². The number of alkyl carbamates (subject to hydrolysis) is 1. The number of carbonyl (C=O) groups is 1. The van der Waals surface area contributed by atoms with Gasteiger partial charge in [-0.2, -0.15) is 0 Å². The van der Waals surface area contributed by atoms with E-state index in [0.29, 0.717) is 6.54 Å². The minimum absolute atomic E-state index is 0.0567. The lowest BCUT2D eigenvalue weighted by molar-refractivity contribution is -0.0763. The van der Waals surface area contributed by atoms with Crippen molar-refractivity contribution in [1.29, 1.82) is 0 Å². The number of carbonyl (C=O) groups excluding carboxylic acids is 1. The summed E-state index contributed by atoms with van der Waals surface area (Å²) in [6.07, 6.45) is -0.818. The van der Waals surface area contributed by atoms with Gasteiger partial charge in [-0.3, -0.25) is 0 Å². The molecule has 1 aliphatic heterocycles. The van der Waals surface area contributed by atoms with Crippen LogP contribution in [0.2, 0.25) is 0 Å². The van der Waals surface area contributed by atoms with Crippen molar-refractivity contribution in [2.45, 2.75) is 19.3 Å². The summed E-state index contributed by atoms with van der Waals surface area (Å²) in [6.45, 7) is 2.39. The van der Waals surface area contributed by atoms with Crippen molar-refractivity contribution in [3.63, 3.8) is 0 Å². The normalized spacial score (nSPS) is 24.6. The molecule has 6 heteroatoms. The van der Waals surface area contributed by atoms with Crippen LogP contribution in [0.1, 0.15) is 13.3 Å². The summed E-state index contributed by atoms with van der Waals surface area (Å²) in [5.41, 5.74) is 0. The first-order chi connectivity index (χ1) is 7.06. The van der Waals surface area contributed by atoms with E-state index in [0.717, 1.165) is 0 Å². The van der Waals surface area contributed by atoms with E-state index in [4.69, 9.17) is 0 Å². The third-order valence-corrected chi connectivity index (χ3v) is 2.39. The predicted molar refractivity (Wildman–Crippen MR) is 50.9 cm³/mol. The Morgan fingerprint density at radius 1 is 1.67 bits per heavy atom. The van der Waals surface area contributed by atoms with Crippen molar-refractivity contribution in [3.05, 3.63) is 0 Å². The van der Waals surface area contributed by atoms with Gasteiger partial charge in [0.1, 0.15) is 0 Å². The number of hydrogen-bond acceptors (Lipinski definition) is 3. The third-order valence-electron chi connectivity index (χ3n) is 2.39. The number of nitrogens with one attached hydrogen (secondary N) is 2. The van der Waals surface area contributed by atoms with Crippen molar-refractivity contribution < 1.29 is 18.3 Å². The second kappa shape index (κ2) is 5.25. The average molecular weight is 222 g/mol. The minimum Gasteiger partial charge on any atom is -0.450 e. The maximum atomic E-state index is 13.3. The van der Waals surface area contributed by atoms with Crippen LogP contribution in [-0.2, 0) is 4.74 Å². The molecular formula is C9H16F2N2O2. The van der Waals surface area contributed by atoms with Gasteiger partial charge in [0.2, 0.25) is 0 Å². The van der Waals surface area contributed by atoms with Crippen LogP contribution in [0.25, 0.3) is 0 Å². The molecular weight excluding hydrogens is 206 g/mol. The summed E-state index contributed by atoms with van der Waals surface area (Å²) in [4.78, 5) is 10.9. The molecule has 1 atom stereocenters. The largest absolute Gasteiger partial charge is 0.450 e. The second-order valence-corrected chi connectivity index (χ2v) is 3.51. The molecule has 1 aliphatic rings. The van der Waals surface area contributed by atoms with Gasteiger partial charge in [-0.15, -0.1) is 0 Å². The van der Waals surface area contributed by atoms with E-state index in [1.807, 2.05) is 0 Å². The number of rotatable bonds is 3. The molecule has 1 saturated heterocycles. The number of halogens is 2. The highest BCUT2D eigenvalue weighted by Crippen LogP contribution is 2.29. The minimum atomic E-state index is -2.70. The average Bonchev–Trinajstić information content (AvgIpc) is 2.16. The van der Waals surface area contributed by atoms with Gasteiger partial charge in [0.25, 0.3) is 5.92 Å². The number of ether oxygens (including phenoxy) is 1. The first-order valence-corrected chi connectivity index (χ1v) is 5.05. The maximum Gasteiger partial charge on any atom is 0.407 e. The summed E-state index contributed by atoms with van der Waals surface area (Å²) in [7, 11) is 0. The van der Waals surface area contributed by atoms with Crippen LogP contribution in [-0.4, -0.2) is 38.3 Å². The zero-order valence-electron chi connectivity index (χ0n) is 8.69. The van der Waals surface area contributed by atoms with Crippen molar-refractivity contribution >= 4 is 6.09 Å². The van der Waals surface area contributed by atoms with Crippen LogP contribution in [0.4, 0.5) is 13.6 Å². The smallest absolute Gasteiger partial charge is 0.407 e. The quantitative estimate of drug-likeness (QED) is 0.748. The lowest BCUT2D eigenvalue weighted by Crippen LogP contribution is -2.49. The molecule has 0 radical (unpaired) electrons. The SMILES string of the molecule is CCOC(=O)NCC1CNCCC1(F)F. The van der Waals surface area contributed by atoms with Crippen LogP contribution in [0.15, 0.2) is 0 Å². The van der Waals surface area contributed by atoms with E-state index in [2.05, 4.69) is 15.4 Å². The number of amides is 1. The fourth-order valence-corrected chi connectivity index (χ4v) is 1.49. The van der Waals surface area contributed by atoms with Gasteiger partial charge in [-0.1, -0.05) is 0 Å². The van der Waals surface area contributed by atoms with E-state index < -0.39 is 17.9 Å². The molecule has 1 fully saturated rings. The highest BCUT2D eigenvalue weighted by Gasteiger charge is 2.41. The van der Waals surface area contributed by atoms with Gasteiger partial charge in [-0.25, -0.2) is 13.6 Å². The van der Waals surface area contributed by atoms with E-state index in [1.165, 1.54) is 0 Å². The molecule has 4 nitrogen and oxygen atoms in total. The number of alkyl halides is 2. The highest BCUT2D eigenvalue weighted by molar-refractivity contribution is 5.67. The highest BCUT2D eigenvalue weighted by atomic mass is 19.3. The molecule has 88 valence electrons. The lowest BCUT2D eigenvalue weighted by Gasteiger charge is -2.31. The Bertz CT molecular complexity index is 224. The molecule has 2 N–H and O–H groups in total. The molecule has 15 heavy (non-hydrogen) atoms. The second-order valence-electron chi connectivity index (χ2n) is 3.51. The first kappa shape index (κ1) is 12.2. The molecule has 1 rings (SSSR count). The topological polar surface area (TPSA) is 50.4 Å². The Morgan fingerprint density at radius 3 is 3.00 bits per heavy atom. The molecule has 0 aromatic rings. The molecule has 0 saturated carbocycles. The van der Waals surface area contributed by atoms with Crippen molar-refractivity contribution in [1.82, 2.24) is 10.6 Å². The summed E-state index contributed by atoms with van der Waals surface area (Å²) in [5, 5.41) is 5.20. The maximum absolute atomic E-state index is 13.3. The summed E-state index contributed by atoms with van der Waals surface area (Å²) in [5.74, 6) is -3.55. The summed E-state index contributed by atoms with van der Waals surface area (Å²) < 4.78 is 31.1. The van der Waals surface area contributed by atoms with Gasteiger partial charge in [0.05, 0.1) is 12.5 Å². The van der Waals surface area contributed by atoms with Gasteiger partial charge >= 0.3 is 6.09 Å². The van der Waals surface area contributed by atoms with Crippen molar-refractivity contribution in [2.24, 2.45) is 5.92 Å². The monoisotopic (exact) mass is 222 g/mol. The Balaban J connectivity index is 2.33. The van der Waals surface area contributed by atoms with Gasteiger partial charge in [0.15, 0.2) is 0 Å². The van der Waals surface area contributed by atoms with E-state index >= 15 is 0 Å². The Labute approximate surface area is 87.4 Å². The predicted octanol–water partition coefficient (Wildman–Crippen LogP) is 0.977. The Hall–Kier alpha value is -0.910. The molecule has 0 aliphatic carbocycles. The zero-order valence-corrected chi connectivity index (χ0v) is 8.69. The van der Waals surface area contributed by atoms with Gasteiger partial charge < -0.3 is 15.4 Å². The number of piperidine rings is 1. The molecule has 1 heterocycles. The fraction of sp³-hybridized carbons (Fsp3) is 0.889. The Kier molecular flexibility index (Phi) is 4.26. The van der Waals surface area contributed by atoms with Crippen LogP contribution >= 0.6 is 0 Å². The van der Waals surface area contributed by atoms with Crippen LogP contribution in [0.3, 0.4) is 0 Å². The molecule has 1 unspecified atom stereocenters.